The van der Waals surface area contributed by atoms with Gasteiger partial charge in [0.1, 0.15) is 5.75 Å². The second kappa shape index (κ2) is 10.3. The zero-order valence-electron chi connectivity index (χ0n) is 15.1. The Labute approximate surface area is 183 Å². The lowest BCUT2D eigenvalue weighted by molar-refractivity contribution is -0.111. The number of ether oxygens (including phenoxy) is 1. The van der Waals surface area contributed by atoms with E-state index in [2.05, 4.69) is 0 Å². The van der Waals surface area contributed by atoms with Crippen molar-refractivity contribution < 1.29 is 9.53 Å². The molecule has 0 aliphatic heterocycles. The van der Waals surface area contributed by atoms with Gasteiger partial charge in [-0.2, -0.15) is 0 Å². The highest BCUT2D eigenvalue weighted by atomic mass is 35.5. The van der Waals surface area contributed by atoms with Crippen LogP contribution in [-0.2, 0) is 4.79 Å². The van der Waals surface area contributed by atoms with Crippen LogP contribution in [0.15, 0.2) is 82.6 Å². The molecule has 0 N–H and O–H groups in total. The van der Waals surface area contributed by atoms with Crippen LogP contribution < -0.4 is 4.74 Å². The first-order chi connectivity index (χ1) is 13.5. The van der Waals surface area contributed by atoms with E-state index in [0.29, 0.717) is 16.5 Å². The predicted octanol–water partition coefficient (Wildman–Crippen LogP) is 7.54. The van der Waals surface area contributed by atoms with Crippen LogP contribution >= 0.6 is 46.7 Å². The molecule has 0 bridgehead atoms. The summed E-state index contributed by atoms with van der Waals surface area (Å²) < 4.78 is 5.25. The van der Waals surface area contributed by atoms with Crippen LogP contribution in [0.3, 0.4) is 0 Å². The molecule has 1 unspecified atom stereocenters. The van der Waals surface area contributed by atoms with Gasteiger partial charge >= 0.3 is 0 Å². The third-order valence-electron chi connectivity index (χ3n) is 3.98. The molecule has 0 saturated carbocycles. The quantitative estimate of drug-likeness (QED) is 0.348. The summed E-state index contributed by atoms with van der Waals surface area (Å²) >= 11 is 14.8. The van der Waals surface area contributed by atoms with E-state index in [1.54, 1.807) is 31.0 Å². The fourth-order valence-corrected chi connectivity index (χ4v) is 4.84. The van der Waals surface area contributed by atoms with Crippen LogP contribution in [0.1, 0.15) is 17.2 Å². The minimum atomic E-state index is -0.0145. The van der Waals surface area contributed by atoms with Crippen molar-refractivity contribution in [2.45, 2.75) is 21.5 Å². The lowest BCUT2D eigenvalue weighted by atomic mass is 10.1. The molecule has 0 radical (unpaired) electrons. The normalized spacial score (nSPS) is 11.8. The number of carbonyl (C=O) groups excluding carboxylic acids is 1. The second-order valence-electron chi connectivity index (χ2n) is 5.97. The van der Waals surface area contributed by atoms with E-state index in [4.69, 9.17) is 27.9 Å². The number of thioether (sulfide) groups is 2. The van der Waals surface area contributed by atoms with Crippen LogP contribution in [0, 0.1) is 0 Å². The molecule has 0 fully saturated rings. The van der Waals surface area contributed by atoms with Crippen molar-refractivity contribution in [2.75, 3.05) is 7.11 Å². The lowest BCUT2D eigenvalue weighted by Gasteiger charge is -2.17. The van der Waals surface area contributed by atoms with Crippen molar-refractivity contribution in [1.82, 2.24) is 0 Å². The topological polar surface area (TPSA) is 26.3 Å². The molecule has 3 rings (SSSR count). The van der Waals surface area contributed by atoms with Crippen molar-refractivity contribution >= 4 is 51.8 Å². The summed E-state index contributed by atoms with van der Waals surface area (Å²) in [5.41, 5.74) is 1.07. The molecule has 0 aromatic heterocycles. The average molecular weight is 449 g/mol. The van der Waals surface area contributed by atoms with Crippen LogP contribution in [0.4, 0.5) is 0 Å². The van der Waals surface area contributed by atoms with Crippen molar-refractivity contribution in [2.24, 2.45) is 0 Å². The number of hydrogen-bond donors (Lipinski definition) is 0. The van der Waals surface area contributed by atoms with Gasteiger partial charge in [0.25, 0.3) is 0 Å². The van der Waals surface area contributed by atoms with Gasteiger partial charge in [-0.25, -0.2) is 0 Å². The van der Waals surface area contributed by atoms with Gasteiger partial charge in [-0.3, -0.25) is 4.79 Å². The maximum atomic E-state index is 12.7. The van der Waals surface area contributed by atoms with Crippen molar-refractivity contribution in [3.05, 3.63) is 88.4 Å². The zero-order valence-corrected chi connectivity index (χ0v) is 18.2. The molecule has 144 valence electrons. The van der Waals surface area contributed by atoms with E-state index >= 15 is 0 Å². The summed E-state index contributed by atoms with van der Waals surface area (Å²) in [5.74, 6) is 0.792. The average Bonchev–Trinajstić information content (AvgIpc) is 2.71. The van der Waals surface area contributed by atoms with E-state index in [-0.39, 0.29) is 10.4 Å². The van der Waals surface area contributed by atoms with Gasteiger partial charge in [0.15, 0.2) is 5.12 Å². The van der Waals surface area contributed by atoms with Crippen molar-refractivity contribution in [3.63, 3.8) is 0 Å². The third-order valence-corrected chi connectivity index (χ3v) is 6.65. The largest absolute Gasteiger partial charge is 0.497 e. The highest BCUT2D eigenvalue weighted by molar-refractivity contribution is 8.13. The molecule has 28 heavy (non-hydrogen) atoms. The van der Waals surface area contributed by atoms with Gasteiger partial charge in [0, 0.05) is 31.5 Å². The number of methoxy groups -OCH3 is 1. The molecular weight excluding hydrogens is 431 g/mol. The van der Waals surface area contributed by atoms with E-state index in [1.807, 2.05) is 60.7 Å². The number of rotatable bonds is 7. The highest BCUT2D eigenvalue weighted by Gasteiger charge is 2.19. The first kappa shape index (κ1) is 21.1. The summed E-state index contributed by atoms with van der Waals surface area (Å²) in [6.07, 6.45) is 0.396. The molecule has 0 aliphatic rings. The van der Waals surface area contributed by atoms with Gasteiger partial charge in [-0.15, -0.1) is 11.8 Å². The van der Waals surface area contributed by atoms with Crippen LogP contribution in [-0.4, -0.2) is 12.2 Å². The Morgan fingerprint density at radius 1 is 0.857 bits per heavy atom. The van der Waals surface area contributed by atoms with Crippen LogP contribution in [0.25, 0.3) is 0 Å². The molecule has 2 nitrogen and oxygen atoms in total. The highest BCUT2D eigenvalue weighted by Crippen LogP contribution is 2.40. The molecule has 0 spiro atoms. The van der Waals surface area contributed by atoms with Gasteiger partial charge < -0.3 is 4.74 Å². The third kappa shape index (κ3) is 6.21. The van der Waals surface area contributed by atoms with Gasteiger partial charge in [-0.1, -0.05) is 47.1 Å². The van der Waals surface area contributed by atoms with Crippen LogP contribution in [0.5, 0.6) is 5.75 Å². The smallest absolute Gasteiger partial charge is 0.195 e. The van der Waals surface area contributed by atoms with Crippen LogP contribution in [0.2, 0.25) is 10.0 Å². The Morgan fingerprint density at radius 2 is 1.39 bits per heavy atom. The summed E-state index contributed by atoms with van der Waals surface area (Å²) in [4.78, 5) is 14.7. The molecule has 0 heterocycles. The van der Waals surface area contributed by atoms with Gasteiger partial charge in [-0.05, 0) is 66.2 Å². The predicted molar refractivity (Wildman–Crippen MR) is 120 cm³/mol. The lowest BCUT2D eigenvalue weighted by Crippen LogP contribution is -2.02. The van der Waals surface area contributed by atoms with Crippen molar-refractivity contribution in [3.8, 4) is 5.75 Å². The molecule has 6 heteroatoms. The minimum Gasteiger partial charge on any atom is -0.497 e. The van der Waals surface area contributed by atoms with E-state index in [1.165, 1.54) is 11.8 Å². The fraction of sp³-hybridized carbons (Fsp3) is 0.136. The fourth-order valence-electron chi connectivity index (χ4n) is 2.55. The molecule has 0 amide bonds. The Bertz CT molecular complexity index is 911. The van der Waals surface area contributed by atoms with E-state index < -0.39 is 0 Å². The maximum Gasteiger partial charge on any atom is 0.195 e. The number of halogens is 2. The van der Waals surface area contributed by atoms with E-state index in [9.17, 15) is 4.79 Å². The Kier molecular flexibility index (Phi) is 7.74. The summed E-state index contributed by atoms with van der Waals surface area (Å²) in [7, 11) is 1.64. The second-order valence-corrected chi connectivity index (χ2v) is 9.25. The Hall–Kier alpha value is -1.59. The monoisotopic (exact) mass is 448 g/mol. The molecule has 1 atom stereocenters. The standard InChI is InChI=1S/C22H18Cl2O2S2/c1-26-18-8-2-15(3-9-18)21(27-19-10-4-16(23)5-11-19)14-22(25)28-20-12-6-17(24)7-13-20/h2-13,21H,14H2,1H3. The minimum absolute atomic E-state index is 0.0145. The summed E-state index contributed by atoms with van der Waals surface area (Å²) in [5, 5.41) is 1.44. The Morgan fingerprint density at radius 3 is 1.93 bits per heavy atom. The molecule has 0 saturated heterocycles. The first-order valence-electron chi connectivity index (χ1n) is 8.56. The summed E-state index contributed by atoms with van der Waals surface area (Å²) in [6.45, 7) is 0. The van der Waals surface area contributed by atoms with Crippen molar-refractivity contribution in [1.29, 1.82) is 0 Å². The van der Waals surface area contributed by atoms with E-state index in [0.717, 1.165) is 21.1 Å². The zero-order chi connectivity index (χ0) is 19.9. The molecule has 0 aliphatic carbocycles. The molecule has 3 aromatic carbocycles. The number of benzene rings is 3. The Balaban J connectivity index is 1.76. The van der Waals surface area contributed by atoms with Gasteiger partial charge in [0.05, 0.1) is 7.11 Å². The summed E-state index contributed by atoms with van der Waals surface area (Å²) in [6, 6.07) is 22.8. The van der Waals surface area contributed by atoms with Gasteiger partial charge in [0.2, 0.25) is 0 Å². The number of hydrogen-bond acceptors (Lipinski definition) is 4. The maximum absolute atomic E-state index is 12.7. The SMILES string of the molecule is COc1ccc(C(CC(=O)Sc2ccc(Cl)cc2)Sc2ccc(Cl)cc2)cc1. The molecular formula is C22H18Cl2O2S2. The first-order valence-corrected chi connectivity index (χ1v) is 11.0. The number of carbonyl (C=O) groups is 1. The molecule has 3 aromatic rings.